The fourth-order valence-electron chi connectivity index (χ4n) is 2.24. The van der Waals surface area contributed by atoms with Crippen molar-refractivity contribution in [2.24, 2.45) is 0 Å². The van der Waals surface area contributed by atoms with Crippen molar-refractivity contribution < 1.29 is 14.3 Å². The largest absolute Gasteiger partial charge is 0.419 e. The highest BCUT2D eigenvalue weighted by Crippen LogP contribution is 2.09. The third kappa shape index (κ3) is 6.00. The Hall–Kier alpha value is -1.81. The Balaban J connectivity index is 1.53. The average Bonchev–Trinajstić information content (AvgIpc) is 2.55. The first-order chi connectivity index (χ1) is 10.4. The van der Waals surface area contributed by atoms with Crippen molar-refractivity contribution in [3.63, 3.8) is 0 Å². The number of likely N-dealkylation sites (tertiary alicyclic amines) is 1. The number of amides is 1. The molecule has 1 aliphatic heterocycles. The van der Waals surface area contributed by atoms with Gasteiger partial charge in [0, 0.05) is 13.1 Å². The highest BCUT2D eigenvalue weighted by atomic mass is 16.5. The molecule has 1 heterocycles. The number of nitrogens with zero attached hydrogens (tertiary/aromatic N) is 1. The van der Waals surface area contributed by atoms with Gasteiger partial charge in [-0.05, 0) is 37.3 Å². The molecule has 0 spiro atoms. The molecule has 4 heteroatoms. The third-order valence-corrected chi connectivity index (χ3v) is 3.42. The van der Waals surface area contributed by atoms with E-state index in [9.17, 15) is 4.79 Å². The van der Waals surface area contributed by atoms with Crippen molar-refractivity contribution in [3.05, 3.63) is 48.2 Å². The smallest absolute Gasteiger partial charge is 0.414 e. The first kappa shape index (κ1) is 15.6. The molecule has 1 saturated heterocycles. The molecular weight excluding hydrogens is 266 g/mol. The second-order valence-corrected chi connectivity index (χ2v) is 5.13. The Bertz CT molecular complexity index is 439. The third-order valence-electron chi connectivity index (χ3n) is 3.42. The molecule has 114 valence electrons. The standard InChI is InChI=1S/C17H23NO3/c19-17(18-11-5-2-6-12-18)21-14-8-7-13-20-15-16-9-3-1-4-10-16/h1,3-4,8-10,14H,2,5-7,11-13,15H2. The molecule has 0 N–H and O–H groups in total. The summed E-state index contributed by atoms with van der Waals surface area (Å²) in [6, 6.07) is 10.1. The van der Waals surface area contributed by atoms with E-state index in [1.165, 1.54) is 12.7 Å². The zero-order valence-corrected chi connectivity index (χ0v) is 12.4. The maximum absolute atomic E-state index is 11.7. The van der Waals surface area contributed by atoms with Crippen molar-refractivity contribution in [2.75, 3.05) is 19.7 Å². The molecule has 1 aliphatic rings. The number of hydrogen-bond acceptors (Lipinski definition) is 3. The van der Waals surface area contributed by atoms with E-state index in [4.69, 9.17) is 9.47 Å². The Labute approximate surface area is 126 Å². The summed E-state index contributed by atoms with van der Waals surface area (Å²) in [4.78, 5) is 13.5. The lowest BCUT2D eigenvalue weighted by molar-refractivity contribution is 0.121. The molecule has 0 aliphatic carbocycles. The quantitative estimate of drug-likeness (QED) is 0.591. The molecule has 0 bridgehead atoms. The van der Waals surface area contributed by atoms with Gasteiger partial charge in [-0.1, -0.05) is 30.3 Å². The topological polar surface area (TPSA) is 38.8 Å². The van der Waals surface area contributed by atoms with Crippen LogP contribution < -0.4 is 0 Å². The van der Waals surface area contributed by atoms with Crippen LogP contribution >= 0.6 is 0 Å². The minimum Gasteiger partial charge on any atom is -0.419 e. The van der Waals surface area contributed by atoms with Crippen LogP contribution in [0.2, 0.25) is 0 Å². The molecule has 0 atom stereocenters. The van der Waals surface area contributed by atoms with E-state index >= 15 is 0 Å². The number of carbonyl (C=O) groups is 1. The predicted octanol–water partition coefficient (Wildman–Crippen LogP) is 3.73. The summed E-state index contributed by atoms with van der Waals surface area (Å²) >= 11 is 0. The number of carbonyl (C=O) groups excluding carboxylic acids is 1. The number of hydrogen-bond donors (Lipinski definition) is 0. The monoisotopic (exact) mass is 289 g/mol. The number of benzene rings is 1. The van der Waals surface area contributed by atoms with Gasteiger partial charge in [0.05, 0.1) is 19.5 Å². The lowest BCUT2D eigenvalue weighted by Gasteiger charge is -2.24. The van der Waals surface area contributed by atoms with Crippen molar-refractivity contribution in [1.29, 1.82) is 0 Å². The molecule has 21 heavy (non-hydrogen) atoms. The van der Waals surface area contributed by atoms with Gasteiger partial charge in [-0.3, -0.25) is 0 Å². The van der Waals surface area contributed by atoms with Crippen molar-refractivity contribution >= 4 is 6.09 Å². The van der Waals surface area contributed by atoms with Crippen LogP contribution in [0.4, 0.5) is 4.79 Å². The normalized spacial score (nSPS) is 15.3. The van der Waals surface area contributed by atoms with Crippen LogP contribution in [0.3, 0.4) is 0 Å². The van der Waals surface area contributed by atoms with Gasteiger partial charge in [0.1, 0.15) is 0 Å². The molecule has 2 rings (SSSR count). The zero-order chi connectivity index (χ0) is 14.8. The van der Waals surface area contributed by atoms with Crippen molar-refractivity contribution in [2.45, 2.75) is 32.3 Å². The SMILES string of the molecule is O=C(OC=CCCOCc1ccccc1)N1CCCCC1. The van der Waals surface area contributed by atoms with Gasteiger partial charge in [-0.15, -0.1) is 0 Å². The molecule has 1 fully saturated rings. The minimum absolute atomic E-state index is 0.240. The van der Waals surface area contributed by atoms with Gasteiger partial charge in [-0.2, -0.15) is 0 Å². The van der Waals surface area contributed by atoms with Crippen molar-refractivity contribution in [3.8, 4) is 0 Å². The van der Waals surface area contributed by atoms with E-state index in [1.54, 1.807) is 4.90 Å². The number of ether oxygens (including phenoxy) is 2. The van der Waals surface area contributed by atoms with E-state index in [2.05, 4.69) is 0 Å². The molecule has 0 saturated carbocycles. The molecule has 4 nitrogen and oxygen atoms in total. The van der Waals surface area contributed by atoms with Gasteiger partial charge in [0.15, 0.2) is 0 Å². The molecule has 1 amide bonds. The molecule has 0 unspecified atom stereocenters. The minimum atomic E-state index is -0.240. The Morgan fingerprint density at radius 3 is 2.67 bits per heavy atom. The van der Waals surface area contributed by atoms with Gasteiger partial charge in [0.2, 0.25) is 0 Å². The fourth-order valence-corrected chi connectivity index (χ4v) is 2.24. The van der Waals surface area contributed by atoms with E-state index in [-0.39, 0.29) is 6.09 Å². The molecule has 1 aromatic carbocycles. The van der Waals surface area contributed by atoms with Gasteiger partial charge >= 0.3 is 6.09 Å². The van der Waals surface area contributed by atoms with Crippen LogP contribution in [0.5, 0.6) is 0 Å². The summed E-state index contributed by atoms with van der Waals surface area (Å²) < 4.78 is 10.6. The highest BCUT2D eigenvalue weighted by Gasteiger charge is 2.16. The summed E-state index contributed by atoms with van der Waals surface area (Å²) in [5.74, 6) is 0. The fraction of sp³-hybridized carbons (Fsp3) is 0.471. The summed E-state index contributed by atoms with van der Waals surface area (Å²) in [7, 11) is 0. The van der Waals surface area contributed by atoms with Crippen LogP contribution in [0, 0.1) is 0 Å². The number of piperidine rings is 1. The maximum atomic E-state index is 11.7. The Morgan fingerprint density at radius 1 is 1.14 bits per heavy atom. The van der Waals surface area contributed by atoms with Gasteiger partial charge in [0.25, 0.3) is 0 Å². The number of rotatable bonds is 6. The van der Waals surface area contributed by atoms with E-state index in [0.29, 0.717) is 13.2 Å². The Kier molecular flexibility index (Phi) is 6.81. The van der Waals surface area contributed by atoms with Crippen molar-refractivity contribution in [1.82, 2.24) is 4.90 Å². The van der Waals surface area contributed by atoms with Crippen LogP contribution in [-0.2, 0) is 16.1 Å². The average molecular weight is 289 g/mol. The molecule has 0 aromatic heterocycles. The van der Waals surface area contributed by atoms with Crippen LogP contribution in [0.25, 0.3) is 0 Å². The Morgan fingerprint density at radius 2 is 1.90 bits per heavy atom. The van der Waals surface area contributed by atoms with Crippen LogP contribution in [0.15, 0.2) is 42.7 Å². The first-order valence-corrected chi connectivity index (χ1v) is 7.58. The first-order valence-electron chi connectivity index (χ1n) is 7.58. The van der Waals surface area contributed by atoms with Crippen LogP contribution in [0.1, 0.15) is 31.2 Å². The van der Waals surface area contributed by atoms with Gasteiger partial charge < -0.3 is 14.4 Å². The summed E-state index contributed by atoms with van der Waals surface area (Å²) in [6.07, 6.45) is 7.16. The van der Waals surface area contributed by atoms with Gasteiger partial charge in [-0.25, -0.2) is 4.79 Å². The summed E-state index contributed by atoms with van der Waals surface area (Å²) in [6.45, 7) is 2.86. The summed E-state index contributed by atoms with van der Waals surface area (Å²) in [5.41, 5.74) is 1.16. The highest BCUT2D eigenvalue weighted by molar-refractivity contribution is 5.68. The maximum Gasteiger partial charge on any atom is 0.414 e. The summed E-state index contributed by atoms with van der Waals surface area (Å²) in [5, 5.41) is 0. The second kappa shape index (κ2) is 9.19. The molecular formula is C17H23NO3. The predicted molar refractivity (Wildman–Crippen MR) is 81.8 cm³/mol. The van der Waals surface area contributed by atoms with E-state index in [1.807, 2.05) is 36.4 Å². The second-order valence-electron chi connectivity index (χ2n) is 5.13. The zero-order valence-electron chi connectivity index (χ0n) is 12.4. The lowest BCUT2D eigenvalue weighted by atomic mass is 10.1. The van der Waals surface area contributed by atoms with Crippen LogP contribution in [-0.4, -0.2) is 30.7 Å². The van der Waals surface area contributed by atoms with E-state index < -0.39 is 0 Å². The molecule has 0 radical (unpaired) electrons. The molecule has 1 aromatic rings. The van der Waals surface area contributed by atoms with E-state index in [0.717, 1.165) is 37.9 Å². The lowest BCUT2D eigenvalue weighted by Crippen LogP contribution is -2.35.